The summed E-state index contributed by atoms with van der Waals surface area (Å²) >= 11 is 0. The molecule has 0 aliphatic rings. The molecule has 8 nitrogen and oxygen atoms in total. The van der Waals surface area contributed by atoms with Gasteiger partial charge in [-0.1, -0.05) is 20.8 Å². The van der Waals surface area contributed by atoms with Crippen molar-refractivity contribution in [2.45, 2.75) is 26.2 Å². The minimum atomic E-state index is -0.736. The van der Waals surface area contributed by atoms with Crippen LogP contribution in [0.25, 0.3) is 0 Å². The van der Waals surface area contributed by atoms with E-state index >= 15 is 0 Å². The molecule has 0 fully saturated rings. The fourth-order valence-electron chi connectivity index (χ4n) is 1.87. The molecule has 2 N–H and O–H groups in total. The molecule has 0 radical (unpaired) electrons. The third-order valence-corrected chi connectivity index (χ3v) is 3.50. The van der Waals surface area contributed by atoms with E-state index in [2.05, 4.69) is 10.6 Å². The summed E-state index contributed by atoms with van der Waals surface area (Å²) in [6.07, 6.45) is 0. The SMILES string of the molecule is CNC(=O)COC(=O)c1cc(C(=O)OCC(=O)NC)cc(C(C)(C)C)c1. The first kappa shape index (κ1) is 21.1. The molecule has 1 aromatic rings. The van der Waals surface area contributed by atoms with Gasteiger partial charge in [-0.3, -0.25) is 9.59 Å². The van der Waals surface area contributed by atoms with E-state index in [9.17, 15) is 19.2 Å². The van der Waals surface area contributed by atoms with E-state index in [-0.39, 0.29) is 16.5 Å². The Labute approximate surface area is 152 Å². The molecule has 0 aromatic heterocycles. The summed E-state index contributed by atoms with van der Waals surface area (Å²) in [5, 5.41) is 4.68. The molecule has 8 heteroatoms. The summed E-state index contributed by atoms with van der Waals surface area (Å²) in [4.78, 5) is 46.9. The van der Waals surface area contributed by atoms with Crippen LogP contribution in [0, 0.1) is 0 Å². The Morgan fingerprint density at radius 1 is 0.808 bits per heavy atom. The van der Waals surface area contributed by atoms with Crippen molar-refractivity contribution in [2.24, 2.45) is 0 Å². The van der Waals surface area contributed by atoms with E-state index in [4.69, 9.17) is 9.47 Å². The van der Waals surface area contributed by atoms with Crippen LogP contribution in [0.2, 0.25) is 0 Å². The van der Waals surface area contributed by atoms with Gasteiger partial charge in [0, 0.05) is 14.1 Å². The van der Waals surface area contributed by atoms with E-state index in [1.165, 1.54) is 20.2 Å². The van der Waals surface area contributed by atoms with Gasteiger partial charge in [0.2, 0.25) is 0 Å². The number of likely N-dealkylation sites (N-methyl/N-ethyl adjacent to an activating group) is 2. The first-order chi connectivity index (χ1) is 12.1. The highest BCUT2D eigenvalue weighted by Gasteiger charge is 2.21. The number of hydrogen-bond donors (Lipinski definition) is 2. The number of hydrogen-bond acceptors (Lipinski definition) is 6. The zero-order valence-electron chi connectivity index (χ0n) is 15.6. The third kappa shape index (κ3) is 6.19. The summed E-state index contributed by atoms with van der Waals surface area (Å²) in [6.45, 7) is 4.90. The van der Waals surface area contributed by atoms with Gasteiger partial charge in [-0.15, -0.1) is 0 Å². The predicted octanol–water partition coefficient (Wildman–Crippen LogP) is 0.790. The lowest BCUT2D eigenvalue weighted by Gasteiger charge is -2.20. The van der Waals surface area contributed by atoms with Crippen LogP contribution < -0.4 is 10.6 Å². The van der Waals surface area contributed by atoms with Crippen molar-refractivity contribution in [1.82, 2.24) is 10.6 Å². The molecule has 0 spiro atoms. The van der Waals surface area contributed by atoms with Gasteiger partial charge in [-0.2, -0.15) is 0 Å². The van der Waals surface area contributed by atoms with Gasteiger partial charge in [0.05, 0.1) is 11.1 Å². The number of carbonyl (C=O) groups excluding carboxylic acids is 4. The Kier molecular flexibility index (Phi) is 7.30. The Balaban J connectivity index is 3.10. The first-order valence-electron chi connectivity index (χ1n) is 7.99. The van der Waals surface area contributed by atoms with Crippen molar-refractivity contribution >= 4 is 23.8 Å². The molecule has 1 aromatic carbocycles. The minimum absolute atomic E-state index is 0.119. The van der Waals surface area contributed by atoms with Crippen LogP contribution in [0.3, 0.4) is 0 Å². The van der Waals surface area contributed by atoms with Crippen molar-refractivity contribution in [3.63, 3.8) is 0 Å². The largest absolute Gasteiger partial charge is 0.452 e. The molecule has 142 valence electrons. The summed E-state index contributed by atoms with van der Waals surface area (Å²) in [6, 6.07) is 4.51. The van der Waals surface area contributed by atoms with E-state index in [1.54, 1.807) is 12.1 Å². The second-order valence-electron chi connectivity index (χ2n) is 6.55. The summed E-state index contributed by atoms with van der Waals surface area (Å²) in [5.41, 5.74) is 0.590. The lowest BCUT2D eigenvalue weighted by atomic mass is 9.85. The second-order valence-corrected chi connectivity index (χ2v) is 6.55. The van der Waals surface area contributed by atoms with Crippen molar-refractivity contribution < 1.29 is 28.7 Å². The summed E-state index contributed by atoms with van der Waals surface area (Å²) in [7, 11) is 2.86. The minimum Gasteiger partial charge on any atom is -0.452 e. The molecule has 1 rings (SSSR count). The average molecular weight is 364 g/mol. The van der Waals surface area contributed by atoms with E-state index < -0.39 is 37.0 Å². The van der Waals surface area contributed by atoms with Crippen LogP contribution in [0.1, 0.15) is 47.1 Å². The van der Waals surface area contributed by atoms with E-state index in [0.717, 1.165) is 0 Å². The Morgan fingerprint density at radius 2 is 1.19 bits per heavy atom. The first-order valence-corrected chi connectivity index (χ1v) is 7.99. The zero-order chi connectivity index (χ0) is 19.9. The third-order valence-electron chi connectivity index (χ3n) is 3.50. The fraction of sp³-hybridized carbons (Fsp3) is 0.444. The molecule has 26 heavy (non-hydrogen) atoms. The van der Waals surface area contributed by atoms with Crippen molar-refractivity contribution in [1.29, 1.82) is 0 Å². The lowest BCUT2D eigenvalue weighted by Crippen LogP contribution is -2.26. The molecular weight excluding hydrogens is 340 g/mol. The number of nitrogens with one attached hydrogen (secondary N) is 2. The maximum absolute atomic E-state index is 12.2. The normalized spacial score (nSPS) is 10.7. The van der Waals surface area contributed by atoms with Crippen molar-refractivity contribution in [3.05, 3.63) is 34.9 Å². The molecule has 0 bridgehead atoms. The zero-order valence-corrected chi connectivity index (χ0v) is 15.6. The van der Waals surface area contributed by atoms with Crippen molar-refractivity contribution in [3.8, 4) is 0 Å². The Bertz CT molecular complexity index is 656. The molecule has 0 saturated carbocycles. The molecule has 0 unspecified atom stereocenters. The molecule has 0 atom stereocenters. The van der Waals surface area contributed by atoms with Gasteiger partial charge in [-0.25, -0.2) is 9.59 Å². The molecule has 0 saturated heterocycles. The average Bonchev–Trinajstić information content (AvgIpc) is 2.62. The molecular formula is C18H24N2O6. The number of ether oxygens (including phenoxy) is 2. The molecule has 0 aliphatic heterocycles. The van der Waals surface area contributed by atoms with Crippen LogP contribution in [-0.4, -0.2) is 51.1 Å². The van der Waals surface area contributed by atoms with Gasteiger partial charge in [0.1, 0.15) is 0 Å². The van der Waals surface area contributed by atoms with Gasteiger partial charge >= 0.3 is 11.9 Å². The standard InChI is InChI=1S/C18H24N2O6/c1-18(2,3)13-7-11(16(23)25-9-14(21)19-4)6-12(8-13)17(24)26-10-15(22)20-5/h6-8H,9-10H2,1-5H3,(H,19,21)(H,20,22). The molecule has 2 amide bonds. The van der Waals surface area contributed by atoms with E-state index in [0.29, 0.717) is 5.56 Å². The second kappa shape index (κ2) is 8.98. The number of esters is 2. The highest BCUT2D eigenvalue weighted by Crippen LogP contribution is 2.25. The number of benzene rings is 1. The smallest absolute Gasteiger partial charge is 0.338 e. The number of amides is 2. The Morgan fingerprint density at radius 3 is 1.50 bits per heavy atom. The summed E-state index contributed by atoms with van der Waals surface area (Å²) in [5.74, 6) is -2.37. The van der Waals surface area contributed by atoms with Gasteiger partial charge in [-0.05, 0) is 29.2 Å². The van der Waals surface area contributed by atoms with Crippen LogP contribution in [-0.2, 0) is 24.5 Å². The van der Waals surface area contributed by atoms with Crippen LogP contribution in [0.4, 0.5) is 0 Å². The van der Waals surface area contributed by atoms with Gasteiger partial charge in [0.25, 0.3) is 11.8 Å². The monoisotopic (exact) mass is 364 g/mol. The quantitative estimate of drug-likeness (QED) is 0.722. The van der Waals surface area contributed by atoms with Gasteiger partial charge in [0.15, 0.2) is 13.2 Å². The highest BCUT2D eigenvalue weighted by atomic mass is 16.5. The van der Waals surface area contributed by atoms with Crippen molar-refractivity contribution in [2.75, 3.05) is 27.3 Å². The lowest BCUT2D eigenvalue weighted by molar-refractivity contribution is -0.124. The topological polar surface area (TPSA) is 111 Å². The summed E-state index contributed by atoms with van der Waals surface area (Å²) < 4.78 is 9.86. The van der Waals surface area contributed by atoms with Crippen LogP contribution >= 0.6 is 0 Å². The highest BCUT2D eigenvalue weighted by molar-refractivity contribution is 5.97. The number of carbonyl (C=O) groups is 4. The van der Waals surface area contributed by atoms with Gasteiger partial charge < -0.3 is 20.1 Å². The maximum Gasteiger partial charge on any atom is 0.338 e. The maximum atomic E-state index is 12.2. The molecule has 0 heterocycles. The van der Waals surface area contributed by atoms with Crippen LogP contribution in [0.15, 0.2) is 18.2 Å². The molecule has 0 aliphatic carbocycles. The number of rotatable bonds is 6. The Hall–Kier alpha value is -2.90. The van der Waals surface area contributed by atoms with E-state index in [1.807, 2.05) is 20.8 Å². The van der Waals surface area contributed by atoms with Crippen LogP contribution in [0.5, 0.6) is 0 Å². The predicted molar refractivity (Wildman–Crippen MR) is 93.8 cm³/mol. The fourth-order valence-corrected chi connectivity index (χ4v) is 1.87.